The van der Waals surface area contributed by atoms with Crippen LogP contribution >= 0.6 is 11.6 Å². The Balaban J connectivity index is 1.97. The molecule has 0 spiro atoms. The fraction of sp³-hybridized carbons (Fsp3) is 0.188. The molecule has 2 aromatic heterocycles. The first-order valence-electron chi connectivity index (χ1n) is 6.67. The summed E-state index contributed by atoms with van der Waals surface area (Å²) >= 11 is 5.99. The second-order valence-electron chi connectivity index (χ2n) is 4.70. The number of fused-ring (bicyclic) bond motifs is 1. The van der Waals surface area contributed by atoms with E-state index in [4.69, 9.17) is 16.9 Å². The minimum atomic E-state index is 0.346. The molecule has 5 heteroatoms. The van der Waals surface area contributed by atoms with Crippen molar-refractivity contribution in [2.45, 2.75) is 18.8 Å². The molecule has 21 heavy (non-hydrogen) atoms. The number of aromatic nitrogens is 3. The van der Waals surface area contributed by atoms with Gasteiger partial charge in [0.05, 0.1) is 28.5 Å². The fourth-order valence-electron chi connectivity index (χ4n) is 2.37. The molecule has 0 aliphatic heterocycles. The highest BCUT2D eigenvalue weighted by Gasteiger charge is 2.10. The predicted octanol–water partition coefficient (Wildman–Crippen LogP) is 3.28. The molecule has 0 saturated carbocycles. The van der Waals surface area contributed by atoms with Gasteiger partial charge in [0.1, 0.15) is 5.82 Å². The fourth-order valence-corrected chi connectivity index (χ4v) is 2.57. The molecule has 4 nitrogen and oxygen atoms in total. The van der Waals surface area contributed by atoms with Crippen molar-refractivity contribution in [3.63, 3.8) is 0 Å². The van der Waals surface area contributed by atoms with Crippen LogP contribution in [0.2, 0.25) is 0 Å². The maximum Gasteiger partial charge on any atom is 0.124 e. The van der Waals surface area contributed by atoms with Crippen molar-refractivity contribution in [1.82, 2.24) is 14.5 Å². The molecule has 2 heterocycles. The van der Waals surface area contributed by atoms with Crippen LogP contribution in [-0.2, 0) is 18.8 Å². The zero-order valence-corrected chi connectivity index (χ0v) is 12.1. The molecule has 0 aliphatic carbocycles. The van der Waals surface area contributed by atoms with Crippen LogP contribution in [0.5, 0.6) is 0 Å². The van der Waals surface area contributed by atoms with Crippen molar-refractivity contribution in [2.24, 2.45) is 0 Å². The van der Waals surface area contributed by atoms with Crippen molar-refractivity contribution in [3.8, 4) is 6.07 Å². The normalized spacial score (nSPS) is 10.7. The maximum atomic E-state index is 9.04. The first-order chi connectivity index (χ1) is 10.3. The van der Waals surface area contributed by atoms with Gasteiger partial charge in [-0.25, -0.2) is 4.98 Å². The summed E-state index contributed by atoms with van der Waals surface area (Å²) in [7, 11) is 0. The number of benzene rings is 1. The third-order valence-corrected chi connectivity index (χ3v) is 3.63. The van der Waals surface area contributed by atoms with Gasteiger partial charge in [-0.1, -0.05) is 6.07 Å². The third-order valence-electron chi connectivity index (χ3n) is 3.39. The van der Waals surface area contributed by atoms with Crippen LogP contribution in [-0.4, -0.2) is 14.5 Å². The second-order valence-corrected chi connectivity index (χ2v) is 4.97. The van der Waals surface area contributed by atoms with Crippen molar-refractivity contribution in [3.05, 3.63) is 59.7 Å². The van der Waals surface area contributed by atoms with Gasteiger partial charge >= 0.3 is 0 Å². The van der Waals surface area contributed by atoms with Crippen molar-refractivity contribution < 1.29 is 0 Å². The number of halogens is 1. The molecule has 0 aliphatic rings. The van der Waals surface area contributed by atoms with Gasteiger partial charge in [-0.15, -0.1) is 11.6 Å². The summed E-state index contributed by atoms with van der Waals surface area (Å²) < 4.78 is 2.07. The first kappa shape index (κ1) is 13.6. The van der Waals surface area contributed by atoms with Crippen molar-refractivity contribution >= 4 is 22.6 Å². The average molecular weight is 297 g/mol. The average Bonchev–Trinajstić information content (AvgIpc) is 2.90. The van der Waals surface area contributed by atoms with E-state index >= 15 is 0 Å². The van der Waals surface area contributed by atoms with E-state index in [0.717, 1.165) is 35.5 Å². The summed E-state index contributed by atoms with van der Waals surface area (Å²) in [5, 5.41) is 9.04. The van der Waals surface area contributed by atoms with Gasteiger partial charge in [0, 0.05) is 24.9 Å². The third kappa shape index (κ3) is 2.74. The minimum Gasteiger partial charge on any atom is -0.327 e. The number of alkyl halides is 1. The largest absolute Gasteiger partial charge is 0.327 e. The van der Waals surface area contributed by atoms with Gasteiger partial charge in [0.2, 0.25) is 0 Å². The summed E-state index contributed by atoms with van der Waals surface area (Å²) in [6.45, 7) is 0.741. The Labute approximate surface area is 127 Å². The van der Waals surface area contributed by atoms with E-state index in [2.05, 4.69) is 20.6 Å². The van der Waals surface area contributed by atoms with Crippen molar-refractivity contribution in [2.75, 3.05) is 0 Å². The van der Waals surface area contributed by atoms with E-state index in [0.29, 0.717) is 11.4 Å². The second kappa shape index (κ2) is 5.94. The van der Waals surface area contributed by atoms with Crippen LogP contribution in [0.4, 0.5) is 0 Å². The zero-order valence-electron chi connectivity index (χ0n) is 11.3. The van der Waals surface area contributed by atoms with Gasteiger partial charge in [-0.2, -0.15) is 5.26 Å². The Bertz CT molecular complexity index is 802. The molecule has 0 atom stereocenters. The highest BCUT2D eigenvalue weighted by molar-refractivity contribution is 6.16. The lowest BCUT2D eigenvalue weighted by Gasteiger charge is -2.07. The van der Waals surface area contributed by atoms with Gasteiger partial charge in [-0.3, -0.25) is 4.98 Å². The lowest BCUT2D eigenvalue weighted by molar-refractivity contribution is 0.678. The minimum absolute atomic E-state index is 0.346. The Morgan fingerprint density at radius 2 is 2.14 bits per heavy atom. The molecule has 0 bridgehead atoms. The highest BCUT2D eigenvalue weighted by atomic mass is 35.5. The highest BCUT2D eigenvalue weighted by Crippen LogP contribution is 2.19. The number of aryl methyl sites for hydroxylation is 2. The van der Waals surface area contributed by atoms with Crippen LogP contribution < -0.4 is 0 Å². The van der Waals surface area contributed by atoms with Gasteiger partial charge < -0.3 is 4.57 Å². The SMILES string of the molecule is N#Cc1ccc2nc(CCl)n(CCc3ccccn3)c2c1. The van der Waals surface area contributed by atoms with Gasteiger partial charge in [0.25, 0.3) is 0 Å². The number of rotatable bonds is 4. The Hall–Kier alpha value is -2.38. The number of nitrogens with zero attached hydrogens (tertiary/aromatic N) is 4. The number of nitriles is 1. The molecule has 0 N–H and O–H groups in total. The van der Waals surface area contributed by atoms with Crippen molar-refractivity contribution in [1.29, 1.82) is 5.26 Å². The van der Waals surface area contributed by atoms with E-state index in [1.807, 2.05) is 30.3 Å². The number of imidazole rings is 1. The number of pyridine rings is 1. The van der Waals surface area contributed by atoms with Crippen LogP contribution in [0.1, 0.15) is 17.1 Å². The molecular weight excluding hydrogens is 284 g/mol. The summed E-state index contributed by atoms with van der Waals surface area (Å²) in [5.41, 5.74) is 3.46. The standard InChI is InChI=1S/C16H13ClN4/c17-10-16-20-14-5-4-12(11-18)9-15(14)21(16)8-6-13-3-1-2-7-19-13/h1-5,7,9H,6,8,10H2. The van der Waals surface area contributed by atoms with E-state index in [1.54, 1.807) is 12.3 Å². The quantitative estimate of drug-likeness (QED) is 0.694. The Morgan fingerprint density at radius 1 is 1.24 bits per heavy atom. The number of hydrogen-bond donors (Lipinski definition) is 0. The molecule has 104 valence electrons. The molecule has 1 aromatic carbocycles. The van der Waals surface area contributed by atoms with E-state index in [1.165, 1.54) is 0 Å². The Morgan fingerprint density at radius 3 is 2.86 bits per heavy atom. The molecule has 0 amide bonds. The number of hydrogen-bond acceptors (Lipinski definition) is 3. The first-order valence-corrected chi connectivity index (χ1v) is 7.20. The van der Waals surface area contributed by atoms with Crippen LogP contribution in [0.15, 0.2) is 42.6 Å². The van der Waals surface area contributed by atoms with Crippen LogP contribution in [0.25, 0.3) is 11.0 Å². The lowest BCUT2D eigenvalue weighted by atomic mass is 10.2. The molecule has 3 aromatic rings. The zero-order chi connectivity index (χ0) is 14.7. The molecule has 0 saturated heterocycles. The van der Waals surface area contributed by atoms with E-state index in [-0.39, 0.29) is 0 Å². The molecule has 0 radical (unpaired) electrons. The summed E-state index contributed by atoms with van der Waals surface area (Å²) in [6.07, 6.45) is 2.59. The van der Waals surface area contributed by atoms with Crippen LogP contribution in [0.3, 0.4) is 0 Å². The maximum absolute atomic E-state index is 9.04. The summed E-state index contributed by atoms with van der Waals surface area (Å²) in [4.78, 5) is 8.85. The molecule has 3 rings (SSSR count). The van der Waals surface area contributed by atoms with Gasteiger partial charge in [-0.05, 0) is 30.3 Å². The van der Waals surface area contributed by atoms with Crippen LogP contribution in [0, 0.1) is 11.3 Å². The van der Waals surface area contributed by atoms with E-state index < -0.39 is 0 Å². The molecule has 0 unspecified atom stereocenters. The predicted molar refractivity (Wildman–Crippen MR) is 81.9 cm³/mol. The smallest absolute Gasteiger partial charge is 0.124 e. The van der Waals surface area contributed by atoms with Gasteiger partial charge in [0.15, 0.2) is 0 Å². The molecule has 0 fully saturated rings. The molecular formula is C16H13ClN4. The topological polar surface area (TPSA) is 54.5 Å². The lowest BCUT2D eigenvalue weighted by Crippen LogP contribution is -2.06. The summed E-state index contributed by atoms with van der Waals surface area (Å²) in [5.74, 6) is 1.16. The Kier molecular flexibility index (Phi) is 3.85. The summed E-state index contributed by atoms with van der Waals surface area (Å²) in [6, 6.07) is 13.5. The van der Waals surface area contributed by atoms with E-state index in [9.17, 15) is 0 Å². The monoisotopic (exact) mass is 296 g/mol.